The van der Waals surface area contributed by atoms with Crippen molar-refractivity contribution in [1.82, 2.24) is 9.71 Å². The molecule has 2 aromatic heterocycles. The topological polar surface area (TPSA) is 127 Å². The lowest BCUT2D eigenvalue weighted by Gasteiger charge is -2.18. The van der Waals surface area contributed by atoms with Gasteiger partial charge in [-0.25, -0.2) is 21.6 Å². The monoisotopic (exact) mass is 500 g/mol. The van der Waals surface area contributed by atoms with Gasteiger partial charge in [-0.15, -0.1) is 0 Å². The summed E-state index contributed by atoms with van der Waals surface area (Å²) in [5.41, 5.74) is 1.82. The van der Waals surface area contributed by atoms with Crippen LogP contribution in [0.3, 0.4) is 0 Å². The van der Waals surface area contributed by atoms with Crippen molar-refractivity contribution in [1.29, 1.82) is 0 Å². The van der Waals surface area contributed by atoms with Crippen LogP contribution in [0.5, 0.6) is 0 Å². The molecule has 0 aliphatic carbocycles. The predicted octanol–water partition coefficient (Wildman–Crippen LogP) is 3.61. The van der Waals surface area contributed by atoms with Gasteiger partial charge in [-0.05, 0) is 61.9 Å². The molecule has 0 radical (unpaired) electrons. The number of sulfonamides is 1. The summed E-state index contributed by atoms with van der Waals surface area (Å²) in [6.45, 7) is 2.91. The van der Waals surface area contributed by atoms with E-state index in [-0.39, 0.29) is 16.3 Å². The average Bonchev–Trinajstić information content (AvgIpc) is 3.21. The van der Waals surface area contributed by atoms with Gasteiger partial charge >= 0.3 is 0 Å². The summed E-state index contributed by atoms with van der Waals surface area (Å²) in [6, 6.07) is 16.3. The van der Waals surface area contributed by atoms with E-state index >= 15 is 0 Å². The summed E-state index contributed by atoms with van der Waals surface area (Å²) in [4.78, 5) is 4.62. The SMILES string of the molecule is CC(C)(O)CNS(=O)(=O)c1cccc(-c2ccnc3cc(-c4ccc(S(C)(=O)=O)cc4)oc23)c1. The van der Waals surface area contributed by atoms with Crippen molar-refractivity contribution < 1.29 is 26.4 Å². The van der Waals surface area contributed by atoms with Gasteiger partial charge in [0.2, 0.25) is 10.0 Å². The number of aromatic nitrogens is 1. The summed E-state index contributed by atoms with van der Waals surface area (Å²) in [5, 5.41) is 9.85. The van der Waals surface area contributed by atoms with E-state index in [0.29, 0.717) is 33.6 Å². The van der Waals surface area contributed by atoms with Crippen LogP contribution in [0.15, 0.2) is 81.1 Å². The Kier molecular flexibility index (Phi) is 6.11. The lowest BCUT2D eigenvalue weighted by atomic mass is 10.1. The molecular formula is C24H24N2O6S2. The predicted molar refractivity (Wildman–Crippen MR) is 129 cm³/mol. The van der Waals surface area contributed by atoms with Crippen molar-refractivity contribution >= 4 is 31.0 Å². The van der Waals surface area contributed by atoms with E-state index in [2.05, 4.69) is 9.71 Å². The van der Waals surface area contributed by atoms with Crippen molar-refractivity contribution in [2.45, 2.75) is 29.2 Å². The van der Waals surface area contributed by atoms with Crippen LogP contribution in [0.4, 0.5) is 0 Å². The molecule has 2 aromatic carbocycles. The summed E-state index contributed by atoms with van der Waals surface area (Å²) in [6.07, 6.45) is 2.76. The first-order valence-corrected chi connectivity index (χ1v) is 13.7. The molecule has 0 atom stereocenters. The normalized spacial score (nSPS) is 12.8. The third kappa shape index (κ3) is 5.20. The summed E-state index contributed by atoms with van der Waals surface area (Å²) >= 11 is 0. The van der Waals surface area contributed by atoms with Crippen LogP contribution in [0.25, 0.3) is 33.6 Å². The van der Waals surface area contributed by atoms with Gasteiger partial charge in [-0.1, -0.05) is 12.1 Å². The van der Waals surface area contributed by atoms with Crippen molar-refractivity contribution in [3.63, 3.8) is 0 Å². The fourth-order valence-electron chi connectivity index (χ4n) is 3.36. The van der Waals surface area contributed by atoms with Gasteiger partial charge in [0, 0.05) is 36.2 Å². The molecule has 10 heteroatoms. The molecule has 0 bridgehead atoms. The number of hydrogen-bond acceptors (Lipinski definition) is 7. The maximum Gasteiger partial charge on any atom is 0.240 e. The number of furan rings is 1. The number of pyridine rings is 1. The number of sulfone groups is 1. The zero-order valence-electron chi connectivity index (χ0n) is 18.8. The second-order valence-corrected chi connectivity index (χ2v) is 12.4. The molecule has 0 aliphatic rings. The first kappa shape index (κ1) is 24.1. The molecule has 0 aliphatic heterocycles. The second kappa shape index (κ2) is 8.62. The molecule has 0 saturated heterocycles. The Labute approximate surface area is 198 Å². The third-order valence-corrected chi connectivity index (χ3v) is 7.66. The van der Waals surface area contributed by atoms with Gasteiger partial charge < -0.3 is 9.52 Å². The fraction of sp³-hybridized carbons (Fsp3) is 0.208. The smallest absolute Gasteiger partial charge is 0.240 e. The number of aliphatic hydroxyl groups is 1. The van der Waals surface area contributed by atoms with Gasteiger partial charge in [-0.2, -0.15) is 0 Å². The highest BCUT2D eigenvalue weighted by Crippen LogP contribution is 2.34. The molecule has 2 heterocycles. The van der Waals surface area contributed by atoms with E-state index in [9.17, 15) is 21.9 Å². The largest absolute Gasteiger partial charge is 0.454 e. The zero-order chi connectivity index (χ0) is 24.7. The Balaban J connectivity index is 1.72. The molecule has 0 amide bonds. The number of benzene rings is 2. The van der Waals surface area contributed by atoms with E-state index in [1.807, 2.05) is 0 Å². The maximum atomic E-state index is 12.7. The number of fused-ring (bicyclic) bond motifs is 1. The Hall–Kier alpha value is -3.05. The number of nitrogens with zero attached hydrogens (tertiary/aromatic N) is 1. The van der Waals surface area contributed by atoms with Gasteiger partial charge in [0.25, 0.3) is 0 Å². The molecule has 0 fully saturated rings. The molecule has 8 nitrogen and oxygen atoms in total. The molecule has 2 N–H and O–H groups in total. The van der Waals surface area contributed by atoms with E-state index in [4.69, 9.17) is 4.42 Å². The molecule has 4 aromatic rings. The van der Waals surface area contributed by atoms with E-state index in [1.165, 1.54) is 38.1 Å². The minimum Gasteiger partial charge on any atom is -0.454 e. The van der Waals surface area contributed by atoms with Crippen LogP contribution in [0, 0.1) is 0 Å². The van der Waals surface area contributed by atoms with Gasteiger partial charge in [0.15, 0.2) is 15.4 Å². The standard InChI is InChI=1S/C24H24N2O6S2/c1-24(2,27)15-26-34(30,31)19-6-4-5-17(13-19)20-11-12-25-21-14-22(32-23(20)21)16-7-9-18(10-8-16)33(3,28)29/h4-14,26-27H,15H2,1-3H3. The van der Waals surface area contributed by atoms with Gasteiger partial charge in [0.1, 0.15) is 11.3 Å². The molecule has 0 unspecified atom stereocenters. The Morgan fingerprint density at radius 2 is 1.65 bits per heavy atom. The van der Waals surface area contributed by atoms with E-state index in [0.717, 1.165) is 6.26 Å². The van der Waals surface area contributed by atoms with Crippen LogP contribution < -0.4 is 4.72 Å². The van der Waals surface area contributed by atoms with Crippen LogP contribution >= 0.6 is 0 Å². The third-order valence-electron chi connectivity index (χ3n) is 5.13. The number of hydrogen-bond donors (Lipinski definition) is 2. The minimum atomic E-state index is -3.84. The molecular weight excluding hydrogens is 476 g/mol. The first-order chi connectivity index (χ1) is 15.8. The van der Waals surface area contributed by atoms with Crippen molar-refractivity contribution in [2.75, 3.05) is 12.8 Å². The van der Waals surface area contributed by atoms with E-state index < -0.39 is 25.5 Å². The highest BCUT2D eigenvalue weighted by molar-refractivity contribution is 7.90. The molecule has 178 valence electrons. The van der Waals surface area contributed by atoms with E-state index in [1.54, 1.807) is 42.6 Å². The minimum absolute atomic E-state index is 0.0577. The van der Waals surface area contributed by atoms with Crippen LogP contribution in [-0.4, -0.2) is 45.3 Å². The highest BCUT2D eigenvalue weighted by atomic mass is 32.2. The van der Waals surface area contributed by atoms with Crippen molar-refractivity contribution in [2.24, 2.45) is 0 Å². The summed E-state index contributed by atoms with van der Waals surface area (Å²) < 4.78 is 57.3. The Morgan fingerprint density at radius 3 is 2.29 bits per heavy atom. The lowest BCUT2D eigenvalue weighted by Crippen LogP contribution is -2.38. The van der Waals surface area contributed by atoms with Crippen molar-refractivity contribution in [3.8, 4) is 22.5 Å². The molecule has 0 saturated carbocycles. The molecule has 4 rings (SSSR count). The second-order valence-electron chi connectivity index (χ2n) is 8.64. The number of rotatable bonds is 7. The first-order valence-electron chi connectivity index (χ1n) is 10.4. The van der Waals surface area contributed by atoms with Crippen LogP contribution in [0.2, 0.25) is 0 Å². The van der Waals surface area contributed by atoms with Crippen LogP contribution in [-0.2, 0) is 19.9 Å². The average molecular weight is 501 g/mol. The maximum absolute atomic E-state index is 12.7. The lowest BCUT2D eigenvalue weighted by molar-refractivity contribution is 0.0857. The quantitative estimate of drug-likeness (QED) is 0.397. The Morgan fingerprint density at radius 1 is 0.941 bits per heavy atom. The van der Waals surface area contributed by atoms with Gasteiger partial charge in [-0.3, -0.25) is 4.98 Å². The fourth-order valence-corrected chi connectivity index (χ4v) is 5.24. The van der Waals surface area contributed by atoms with Gasteiger partial charge in [0.05, 0.1) is 15.4 Å². The van der Waals surface area contributed by atoms with Crippen LogP contribution in [0.1, 0.15) is 13.8 Å². The molecule has 0 spiro atoms. The summed E-state index contributed by atoms with van der Waals surface area (Å²) in [5.74, 6) is 0.505. The molecule has 34 heavy (non-hydrogen) atoms. The Bertz CT molecular complexity index is 1570. The van der Waals surface area contributed by atoms with Crippen molar-refractivity contribution in [3.05, 3.63) is 66.9 Å². The summed E-state index contributed by atoms with van der Waals surface area (Å²) in [7, 11) is -7.15. The number of nitrogens with one attached hydrogen (secondary N) is 1. The highest BCUT2D eigenvalue weighted by Gasteiger charge is 2.21. The zero-order valence-corrected chi connectivity index (χ0v) is 20.4.